The molecule has 0 aliphatic rings. The van der Waals surface area contributed by atoms with E-state index in [-0.39, 0.29) is 5.82 Å². The Labute approximate surface area is 114 Å². The number of hydrogen-bond donors (Lipinski definition) is 0. The average Bonchev–Trinajstić information content (AvgIpc) is 2.40. The molecule has 0 N–H and O–H groups in total. The molecule has 104 valence electrons. The number of amides is 1. The van der Waals surface area contributed by atoms with Crippen LogP contribution in [0.25, 0.3) is 0 Å². The maximum atomic E-state index is 13.8. The third-order valence-electron chi connectivity index (χ3n) is 2.98. The van der Waals surface area contributed by atoms with Crippen molar-refractivity contribution in [3.63, 3.8) is 0 Å². The molecule has 1 aromatic rings. The second-order valence-corrected chi connectivity index (χ2v) is 4.43. The van der Waals surface area contributed by atoms with E-state index in [0.29, 0.717) is 24.5 Å². The Morgan fingerprint density at radius 1 is 1.42 bits per heavy atom. The predicted molar refractivity (Wildman–Crippen MR) is 76.2 cm³/mol. The van der Waals surface area contributed by atoms with Gasteiger partial charge in [-0.3, -0.25) is 4.79 Å². The molecule has 0 aliphatic carbocycles. The summed E-state index contributed by atoms with van der Waals surface area (Å²) in [5.74, 6) is 0.281. The van der Waals surface area contributed by atoms with E-state index < -0.39 is 0 Å². The third-order valence-corrected chi connectivity index (χ3v) is 2.98. The summed E-state index contributed by atoms with van der Waals surface area (Å²) < 4.78 is 13.8. The van der Waals surface area contributed by atoms with Crippen molar-refractivity contribution in [1.82, 2.24) is 4.90 Å². The molecule has 0 aliphatic heterocycles. The Morgan fingerprint density at radius 3 is 2.68 bits per heavy atom. The summed E-state index contributed by atoms with van der Waals surface area (Å²) in [6, 6.07) is 4.86. The number of nitrogens with zero attached hydrogens (tertiary/aromatic N) is 2. The van der Waals surface area contributed by atoms with Crippen LogP contribution in [-0.2, 0) is 4.79 Å². The Morgan fingerprint density at radius 2 is 2.16 bits per heavy atom. The lowest BCUT2D eigenvalue weighted by molar-refractivity contribution is -0.114. The zero-order chi connectivity index (χ0) is 14.3. The molecule has 1 rings (SSSR count). The first-order chi connectivity index (χ1) is 9.13. The van der Waals surface area contributed by atoms with Gasteiger partial charge in [-0.2, -0.15) is 0 Å². The fourth-order valence-electron chi connectivity index (χ4n) is 1.81. The van der Waals surface area contributed by atoms with Crippen molar-refractivity contribution in [2.75, 3.05) is 6.54 Å². The summed E-state index contributed by atoms with van der Waals surface area (Å²) >= 11 is 0. The van der Waals surface area contributed by atoms with E-state index in [9.17, 15) is 9.18 Å². The SMILES string of the molecule is CCCCC(=Nc1c(C)cccc1F)N(C=O)CC. The molecule has 1 amide bonds. The van der Waals surface area contributed by atoms with Crippen molar-refractivity contribution in [2.24, 2.45) is 4.99 Å². The topological polar surface area (TPSA) is 32.7 Å². The van der Waals surface area contributed by atoms with Gasteiger partial charge in [-0.1, -0.05) is 25.5 Å². The van der Waals surface area contributed by atoms with Gasteiger partial charge in [-0.25, -0.2) is 9.38 Å². The molecule has 0 saturated carbocycles. The molecule has 0 aromatic heterocycles. The Kier molecular flexibility index (Phi) is 6.19. The summed E-state index contributed by atoms with van der Waals surface area (Å²) in [7, 11) is 0. The number of carbonyl (C=O) groups excluding carboxylic acids is 1. The molecule has 0 spiro atoms. The van der Waals surface area contributed by atoms with Crippen LogP contribution >= 0.6 is 0 Å². The minimum atomic E-state index is -0.351. The molecular weight excluding hydrogens is 243 g/mol. The Bertz CT molecular complexity index is 437. The standard InChI is InChI=1S/C15H21FN2O/c1-4-6-10-14(18(5-2)11-19)17-15-12(3)8-7-9-13(15)16/h7-9,11H,4-6,10H2,1-3H3. The van der Waals surface area contributed by atoms with Crippen molar-refractivity contribution < 1.29 is 9.18 Å². The van der Waals surface area contributed by atoms with Crippen molar-refractivity contribution in [1.29, 1.82) is 0 Å². The van der Waals surface area contributed by atoms with E-state index in [2.05, 4.69) is 11.9 Å². The van der Waals surface area contributed by atoms with Gasteiger partial charge >= 0.3 is 0 Å². The fourth-order valence-corrected chi connectivity index (χ4v) is 1.81. The highest BCUT2D eigenvalue weighted by molar-refractivity contribution is 5.92. The van der Waals surface area contributed by atoms with Crippen LogP contribution in [0.3, 0.4) is 0 Å². The number of aliphatic imine (C=N–C) groups is 1. The van der Waals surface area contributed by atoms with E-state index >= 15 is 0 Å². The molecule has 0 fully saturated rings. The first-order valence-electron chi connectivity index (χ1n) is 6.68. The van der Waals surface area contributed by atoms with Crippen LogP contribution in [0.15, 0.2) is 23.2 Å². The van der Waals surface area contributed by atoms with Crippen LogP contribution in [0.2, 0.25) is 0 Å². The molecule has 3 nitrogen and oxygen atoms in total. The maximum absolute atomic E-state index is 13.8. The van der Waals surface area contributed by atoms with E-state index in [0.717, 1.165) is 24.8 Å². The van der Waals surface area contributed by atoms with E-state index in [4.69, 9.17) is 0 Å². The summed E-state index contributed by atoms with van der Waals surface area (Å²) in [4.78, 5) is 17.0. The lowest BCUT2D eigenvalue weighted by atomic mass is 10.2. The minimum Gasteiger partial charge on any atom is -0.303 e. The fraction of sp³-hybridized carbons (Fsp3) is 0.467. The largest absolute Gasteiger partial charge is 0.303 e. The van der Waals surface area contributed by atoms with Crippen molar-refractivity contribution >= 4 is 17.9 Å². The Balaban J connectivity index is 3.14. The predicted octanol–water partition coefficient (Wildman–Crippen LogP) is 3.83. The van der Waals surface area contributed by atoms with E-state index in [1.807, 2.05) is 19.9 Å². The van der Waals surface area contributed by atoms with E-state index in [1.165, 1.54) is 11.0 Å². The van der Waals surface area contributed by atoms with Gasteiger partial charge in [-0.15, -0.1) is 0 Å². The number of rotatable bonds is 6. The van der Waals surface area contributed by atoms with Crippen LogP contribution in [0.1, 0.15) is 38.7 Å². The number of halogens is 1. The van der Waals surface area contributed by atoms with Gasteiger partial charge in [0.2, 0.25) is 6.41 Å². The van der Waals surface area contributed by atoms with Crippen LogP contribution in [0.5, 0.6) is 0 Å². The van der Waals surface area contributed by atoms with Gasteiger partial charge in [0.1, 0.15) is 17.3 Å². The lowest BCUT2D eigenvalue weighted by Gasteiger charge is -2.18. The quantitative estimate of drug-likeness (QED) is 0.436. The summed E-state index contributed by atoms with van der Waals surface area (Å²) in [6.07, 6.45) is 3.36. The molecule has 0 atom stereocenters. The molecule has 0 radical (unpaired) electrons. The highest BCUT2D eigenvalue weighted by atomic mass is 19.1. The first kappa shape index (κ1) is 15.3. The lowest BCUT2D eigenvalue weighted by Crippen LogP contribution is -2.29. The van der Waals surface area contributed by atoms with Crippen LogP contribution in [0, 0.1) is 12.7 Å². The second-order valence-electron chi connectivity index (χ2n) is 4.43. The van der Waals surface area contributed by atoms with Crippen molar-refractivity contribution in [3.05, 3.63) is 29.6 Å². The van der Waals surface area contributed by atoms with Gasteiger partial charge in [-0.05, 0) is 31.9 Å². The van der Waals surface area contributed by atoms with Crippen LogP contribution < -0.4 is 0 Å². The Hall–Kier alpha value is -1.71. The number of para-hydroxylation sites is 1. The van der Waals surface area contributed by atoms with E-state index in [1.54, 1.807) is 6.07 Å². The maximum Gasteiger partial charge on any atom is 0.215 e. The molecule has 4 heteroatoms. The monoisotopic (exact) mass is 264 g/mol. The molecule has 0 unspecified atom stereocenters. The number of carbonyl (C=O) groups is 1. The molecule has 0 heterocycles. The zero-order valence-corrected chi connectivity index (χ0v) is 11.8. The van der Waals surface area contributed by atoms with Gasteiger partial charge < -0.3 is 4.90 Å². The highest BCUT2D eigenvalue weighted by Gasteiger charge is 2.11. The van der Waals surface area contributed by atoms with Gasteiger partial charge in [0, 0.05) is 13.0 Å². The molecule has 0 bridgehead atoms. The summed E-state index contributed by atoms with van der Waals surface area (Å²) in [6.45, 7) is 6.31. The smallest absolute Gasteiger partial charge is 0.215 e. The first-order valence-corrected chi connectivity index (χ1v) is 6.68. The third kappa shape index (κ3) is 4.16. The number of benzene rings is 1. The number of amidine groups is 1. The van der Waals surface area contributed by atoms with Crippen molar-refractivity contribution in [3.8, 4) is 0 Å². The van der Waals surface area contributed by atoms with Crippen LogP contribution in [0.4, 0.5) is 10.1 Å². The summed E-state index contributed by atoms with van der Waals surface area (Å²) in [5.41, 5.74) is 1.10. The second kappa shape index (κ2) is 7.67. The summed E-state index contributed by atoms with van der Waals surface area (Å²) in [5, 5.41) is 0. The molecular formula is C15H21FN2O. The zero-order valence-electron chi connectivity index (χ0n) is 11.8. The highest BCUT2D eigenvalue weighted by Crippen LogP contribution is 2.23. The minimum absolute atomic E-state index is 0.328. The molecule has 1 aromatic carbocycles. The molecule has 19 heavy (non-hydrogen) atoms. The van der Waals surface area contributed by atoms with Crippen molar-refractivity contribution in [2.45, 2.75) is 40.0 Å². The average molecular weight is 264 g/mol. The van der Waals surface area contributed by atoms with Gasteiger partial charge in [0.15, 0.2) is 0 Å². The number of unbranched alkanes of at least 4 members (excludes halogenated alkanes) is 1. The van der Waals surface area contributed by atoms with Gasteiger partial charge in [0.25, 0.3) is 0 Å². The molecule has 0 saturated heterocycles. The number of hydrogen-bond acceptors (Lipinski definition) is 2. The number of aryl methyl sites for hydroxylation is 1. The van der Waals surface area contributed by atoms with Gasteiger partial charge in [0.05, 0.1) is 0 Å². The van der Waals surface area contributed by atoms with Crippen LogP contribution in [-0.4, -0.2) is 23.7 Å². The normalized spacial score (nSPS) is 11.5.